The zero-order valence-corrected chi connectivity index (χ0v) is 20.7. The summed E-state index contributed by atoms with van der Waals surface area (Å²) in [6.45, 7) is 6.22. The molecular weight excluding hydrogens is 446 g/mol. The number of fused-ring (bicyclic) bond motifs is 1. The molecule has 8 heteroatoms. The van der Waals surface area contributed by atoms with E-state index in [0.717, 1.165) is 32.0 Å². The third-order valence-corrected chi connectivity index (χ3v) is 7.99. The molecule has 0 aromatic heterocycles. The van der Waals surface area contributed by atoms with Crippen molar-refractivity contribution in [2.45, 2.75) is 82.2 Å². The normalized spacial score (nSPS) is 28.4. The van der Waals surface area contributed by atoms with E-state index in [1.54, 1.807) is 0 Å². The number of hydrogen-bond acceptors (Lipinski definition) is 6. The van der Waals surface area contributed by atoms with Crippen LogP contribution < -0.4 is 5.32 Å². The van der Waals surface area contributed by atoms with Crippen LogP contribution in [0.5, 0.6) is 0 Å². The Labute approximate surface area is 207 Å². The van der Waals surface area contributed by atoms with Crippen molar-refractivity contribution >= 4 is 17.6 Å². The van der Waals surface area contributed by atoms with Crippen molar-refractivity contribution in [3.63, 3.8) is 0 Å². The first-order valence-electron chi connectivity index (χ1n) is 13.1. The number of ether oxygens (including phenoxy) is 1. The van der Waals surface area contributed by atoms with Crippen LogP contribution in [0.25, 0.3) is 0 Å². The molecule has 1 saturated carbocycles. The van der Waals surface area contributed by atoms with Crippen LogP contribution >= 0.6 is 0 Å². The minimum absolute atomic E-state index is 0.0403. The smallest absolute Gasteiger partial charge is 0.251 e. The highest BCUT2D eigenvalue weighted by molar-refractivity contribution is 5.99. The number of carbonyl (C=O) groups excluding carboxylic acids is 3. The number of carbonyl (C=O) groups is 3. The monoisotopic (exact) mass is 483 g/mol. The zero-order valence-electron chi connectivity index (χ0n) is 20.7. The molecule has 8 nitrogen and oxygen atoms in total. The number of amides is 2. The lowest BCUT2D eigenvalue weighted by atomic mass is 9.89. The molecule has 5 rings (SSSR count). The maximum atomic E-state index is 13.4. The highest BCUT2D eigenvalue weighted by atomic mass is 16.5. The van der Waals surface area contributed by atoms with Gasteiger partial charge >= 0.3 is 0 Å². The number of benzene rings is 1. The van der Waals surface area contributed by atoms with E-state index in [0.29, 0.717) is 17.9 Å². The summed E-state index contributed by atoms with van der Waals surface area (Å²) in [6.07, 6.45) is 3.87. The van der Waals surface area contributed by atoms with Crippen LogP contribution in [0, 0.1) is 5.92 Å². The van der Waals surface area contributed by atoms with Gasteiger partial charge in [0.05, 0.1) is 6.54 Å². The summed E-state index contributed by atoms with van der Waals surface area (Å²) in [7, 11) is 0. The van der Waals surface area contributed by atoms with E-state index in [1.165, 1.54) is 23.3 Å². The fraction of sp³-hybridized carbons (Fsp3) is 0.667. The van der Waals surface area contributed by atoms with Gasteiger partial charge in [0, 0.05) is 11.6 Å². The molecule has 1 unspecified atom stereocenters. The third kappa shape index (κ3) is 5.15. The Morgan fingerprint density at radius 1 is 1.11 bits per heavy atom. The van der Waals surface area contributed by atoms with E-state index < -0.39 is 24.3 Å². The van der Waals surface area contributed by atoms with Crippen molar-refractivity contribution in [3.05, 3.63) is 35.4 Å². The molecule has 35 heavy (non-hydrogen) atoms. The third-order valence-electron chi connectivity index (χ3n) is 7.99. The summed E-state index contributed by atoms with van der Waals surface area (Å²) in [5.41, 5.74) is 1.79. The molecule has 4 atom stereocenters. The van der Waals surface area contributed by atoms with Gasteiger partial charge in [0.1, 0.15) is 30.9 Å². The van der Waals surface area contributed by atoms with Gasteiger partial charge in [0.2, 0.25) is 5.91 Å². The summed E-state index contributed by atoms with van der Waals surface area (Å²) >= 11 is 0. The van der Waals surface area contributed by atoms with Gasteiger partial charge in [-0.1, -0.05) is 26.0 Å². The minimum atomic E-state index is -0.894. The number of β-amino-alcohol motifs (C(OH)–C–C–N with tert-alkyl or cyclic N) is 1. The van der Waals surface area contributed by atoms with E-state index in [4.69, 9.17) is 4.74 Å². The molecule has 1 aromatic carbocycles. The molecule has 0 radical (unpaired) electrons. The van der Waals surface area contributed by atoms with E-state index in [9.17, 15) is 19.5 Å². The fourth-order valence-electron chi connectivity index (χ4n) is 5.94. The molecule has 3 saturated heterocycles. The second kappa shape index (κ2) is 9.99. The van der Waals surface area contributed by atoms with Gasteiger partial charge in [-0.3, -0.25) is 14.4 Å². The number of piperidine rings is 1. The van der Waals surface area contributed by atoms with Crippen LogP contribution in [0.1, 0.15) is 67.8 Å². The molecular formula is C27H37N3O5. The summed E-state index contributed by atoms with van der Waals surface area (Å²) in [4.78, 5) is 42.8. The standard InChI is InChI=1S/C27H37N3O5/c1-16(2)13-21(27(34)30-14-22(31)25-24(30)23(32)15-35-25)28-26(33)19-5-3-17(4-6-19)18-9-11-29(12-10-18)20-7-8-20/h3-6,16,18,20-22,24-25,31H,7-15H2,1-2H3,(H,28,33)/t21?,22-,24-,25-/m1/s1. The number of likely N-dealkylation sites (tertiary alicyclic amines) is 2. The van der Waals surface area contributed by atoms with E-state index >= 15 is 0 Å². The number of nitrogens with one attached hydrogen (secondary N) is 1. The number of ketones is 1. The van der Waals surface area contributed by atoms with Crippen molar-refractivity contribution in [1.82, 2.24) is 15.1 Å². The Balaban J connectivity index is 1.23. The van der Waals surface area contributed by atoms with Crippen LogP contribution in [0.15, 0.2) is 24.3 Å². The lowest BCUT2D eigenvalue weighted by Gasteiger charge is -2.32. The van der Waals surface area contributed by atoms with Gasteiger partial charge in [0.25, 0.3) is 5.91 Å². The molecule has 3 aliphatic heterocycles. The summed E-state index contributed by atoms with van der Waals surface area (Å²) < 4.78 is 5.39. The van der Waals surface area contributed by atoms with Crippen molar-refractivity contribution in [2.75, 3.05) is 26.2 Å². The van der Waals surface area contributed by atoms with E-state index in [-0.39, 0.29) is 36.7 Å². The zero-order chi connectivity index (χ0) is 24.7. The summed E-state index contributed by atoms with van der Waals surface area (Å²) in [6, 6.07) is 7.06. The number of Topliss-reactive ketones (excluding diaryl/α,β-unsaturated/α-hetero) is 1. The average molecular weight is 484 g/mol. The molecule has 2 N–H and O–H groups in total. The van der Waals surface area contributed by atoms with Crippen molar-refractivity contribution in [1.29, 1.82) is 0 Å². The number of aliphatic hydroxyl groups excluding tert-OH is 1. The van der Waals surface area contributed by atoms with E-state index in [1.807, 2.05) is 38.1 Å². The van der Waals surface area contributed by atoms with Crippen LogP contribution in [0.3, 0.4) is 0 Å². The highest BCUT2D eigenvalue weighted by Gasteiger charge is 2.52. The van der Waals surface area contributed by atoms with Crippen LogP contribution in [0.2, 0.25) is 0 Å². The molecule has 0 bridgehead atoms. The number of nitrogens with zero attached hydrogens (tertiary/aromatic N) is 2. The topological polar surface area (TPSA) is 99.2 Å². The molecule has 1 aliphatic carbocycles. The van der Waals surface area contributed by atoms with Gasteiger partial charge in [-0.05, 0) is 74.7 Å². The van der Waals surface area contributed by atoms with Crippen molar-refractivity contribution in [2.24, 2.45) is 5.92 Å². The minimum Gasteiger partial charge on any atom is -0.388 e. The van der Waals surface area contributed by atoms with Gasteiger partial charge < -0.3 is 25.0 Å². The Kier molecular flexibility index (Phi) is 6.97. The van der Waals surface area contributed by atoms with E-state index in [2.05, 4.69) is 10.2 Å². The molecule has 4 fully saturated rings. The Morgan fingerprint density at radius 3 is 2.43 bits per heavy atom. The largest absolute Gasteiger partial charge is 0.388 e. The average Bonchev–Trinajstić information content (AvgIpc) is 3.55. The van der Waals surface area contributed by atoms with Crippen molar-refractivity contribution < 1.29 is 24.2 Å². The lowest BCUT2D eigenvalue weighted by Crippen LogP contribution is -2.52. The SMILES string of the molecule is CC(C)CC(NC(=O)c1ccc(C2CCN(C3CC3)CC2)cc1)C(=O)N1C[C@@H](O)[C@H]2OCC(=O)[C@H]21. The fourth-order valence-corrected chi connectivity index (χ4v) is 5.94. The van der Waals surface area contributed by atoms with Crippen LogP contribution in [-0.4, -0.2) is 89.1 Å². The number of rotatable bonds is 7. The predicted octanol–water partition coefficient (Wildman–Crippen LogP) is 1.71. The lowest BCUT2D eigenvalue weighted by molar-refractivity contribution is -0.138. The maximum Gasteiger partial charge on any atom is 0.251 e. The Hall–Kier alpha value is -2.29. The van der Waals surface area contributed by atoms with Gasteiger partial charge in [-0.2, -0.15) is 0 Å². The molecule has 4 aliphatic rings. The Bertz CT molecular complexity index is 952. The highest BCUT2D eigenvalue weighted by Crippen LogP contribution is 2.34. The molecule has 3 heterocycles. The summed E-state index contributed by atoms with van der Waals surface area (Å²) in [5.74, 6) is -0.154. The number of hydrogen-bond donors (Lipinski definition) is 2. The molecule has 1 aromatic rings. The number of aliphatic hydroxyl groups is 1. The maximum absolute atomic E-state index is 13.4. The van der Waals surface area contributed by atoms with Crippen LogP contribution in [-0.2, 0) is 14.3 Å². The first kappa shape index (κ1) is 24.4. The van der Waals surface area contributed by atoms with Crippen molar-refractivity contribution in [3.8, 4) is 0 Å². The molecule has 0 spiro atoms. The first-order chi connectivity index (χ1) is 16.8. The first-order valence-corrected chi connectivity index (χ1v) is 13.1. The second-order valence-corrected chi connectivity index (χ2v) is 11.1. The summed E-state index contributed by atoms with van der Waals surface area (Å²) in [5, 5.41) is 13.2. The Morgan fingerprint density at radius 2 is 1.80 bits per heavy atom. The van der Waals surface area contributed by atoms with Gasteiger partial charge in [0.15, 0.2) is 5.78 Å². The van der Waals surface area contributed by atoms with Crippen LogP contribution in [0.4, 0.5) is 0 Å². The van der Waals surface area contributed by atoms with Gasteiger partial charge in [-0.15, -0.1) is 0 Å². The molecule has 190 valence electrons. The quantitative estimate of drug-likeness (QED) is 0.613. The predicted molar refractivity (Wildman–Crippen MR) is 130 cm³/mol. The molecule has 2 amide bonds. The van der Waals surface area contributed by atoms with Gasteiger partial charge in [-0.25, -0.2) is 0 Å². The second-order valence-electron chi connectivity index (χ2n) is 11.1.